The third kappa shape index (κ3) is 7.04. The monoisotopic (exact) mass is 428 g/mol. The Hall–Kier alpha value is -1.77. The Morgan fingerprint density at radius 3 is 2.63 bits per heavy atom. The van der Waals surface area contributed by atoms with Gasteiger partial charge in [0.2, 0.25) is 17.8 Å². The normalized spacial score (nSPS) is 10.6. The largest absolute Gasteiger partial charge is 0.354 e. The molecular formula is C17H22Cl2N6OS. The molecule has 1 aromatic heterocycles. The van der Waals surface area contributed by atoms with Crippen LogP contribution in [0.15, 0.2) is 23.4 Å². The number of rotatable bonds is 9. The quantitative estimate of drug-likeness (QED) is 0.457. The number of nitrogens with zero attached hydrogens (tertiary/aromatic N) is 4. The van der Waals surface area contributed by atoms with Crippen molar-refractivity contribution in [1.82, 2.24) is 15.0 Å². The Morgan fingerprint density at radius 1 is 1.19 bits per heavy atom. The zero-order valence-corrected chi connectivity index (χ0v) is 17.8. The smallest absolute Gasteiger partial charge is 0.234 e. The van der Waals surface area contributed by atoms with Crippen LogP contribution in [0, 0.1) is 0 Å². The van der Waals surface area contributed by atoms with E-state index in [-0.39, 0.29) is 11.7 Å². The second kappa shape index (κ2) is 10.5. The van der Waals surface area contributed by atoms with Crippen molar-refractivity contribution in [3.63, 3.8) is 0 Å². The summed E-state index contributed by atoms with van der Waals surface area (Å²) in [4.78, 5) is 27.1. The molecule has 0 fully saturated rings. The zero-order chi connectivity index (χ0) is 19.8. The first-order valence-corrected chi connectivity index (χ1v) is 10.2. The van der Waals surface area contributed by atoms with Crippen molar-refractivity contribution in [3.8, 4) is 0 Å². The minimum atomic E-state index is -0.189. The van der Waals surface area contributed by atoms with Gasteiger partial charge in [0, 0.05) is 26.3 Å². The Balaban J connectivity index is 2.00. The Kier molecular flexibility index (Phi) is 8.40. The van der Waals surface area contributed by atoms with Gasteiger partial charge in [-0.1, -0.05) is 48.3 Å². The first kappa shape index (κ1) is 21.5. The molecule has 0 radical (unpaired) electrons. The number of carbonyl (C=O) groups is 1. The van der Waals surface area contributed by atoms with Crippen LogP contribution in [-0.2, 0) is 4.79 Å². The first-order valence-electron chi connectivity index (χ1n) is 8.44. The Bertz CT molecular complexity index is 790. The van der Waals surface area contributed by atoms with Crippen LogP contribution in [-0.4, -0.2) is 47.3 Å². The number of aromatic nitrogens is 3. The van der Waals surface area contributed by atoms with Gasteiger partial charge >= 0.3 is 0 Å². The van der Waals surface area contributed by atoms with Gasteiger partial charge in [-0.3, -0.25) is 4.79 Å². The molecule has 0 saturated carbocycles. The van der Waals surface area contributed by atoms with Crippen LogP contribution in [0.25, 0.3) is 0 Å². The molecule has 27 heavy (non-hydrogen) atoms. The minimum Gasteiger partial charge on any atom is -0.354 e. The van der Waals surface area contributed by atoms with E-state index in [2.05, 4.69) is 32.5 Å². The van der Waals surface area contributed by atoms with Crippen LogP contribution in [0.2, 0.25) is 10.0 Å². The minimum absolute atomic E-state index is 0.158. The van der Waals surface area contributed by atoms with Crippen LogP contribution in [0.4, 0.5) is 17.6 Å². The number of thioether (sulfide) groups is 1. The molecule has 1 amide bonds. The molecule has 0 aliphatic carbocycles. The standard InChI is InChI=1S/C17H22Cl2N6OS/c1-4-5-8-20-15-22-16(25(2)3)24-17(23-15)27-10-14(26)21-11-6-7-12(18)13(19)9-11/h6-7,9H,4-5,8,10H2,1-3H3,(H,21,26)(H,20,22,23,24). The van der Waals surface area contributed by atoms with Crippen molar-refractivity contribution >= 4 is 58.5 Å². The summed E-state index contributed by atoms with van der Waals surface area (Å²) in [6.45, 7) is 2.91. The number of benzene rings is 1. The van der Waals surface area contributed by atoms with Gasteiger partial charge in [0.05, 0.1) is 15.8 Å². The van der Waals surface area contributed by atoms with Gasteiger partial charge in [0.25, 0.3) is 0 Å². The molecule has 0 bridgehead atoms. The summed E-state index contributed by atoms with van der Waals surface area (Å²) in [5.74, 6) is 1.02. The van der Waals surface area contributed by atoms with E-state index >= 15 is 0 Å². The predicted octanol–water partition coefficient (Wildman–Crippen LogP) is 4.19. The van der Waals surface area contributed by atoms with E-state index in [0.29, 0.717) is 32.8 Å². The number of hydrogen-bond acceptors (Lipinski definition) is 7. The highest BCUT2D eigenvalue weighted by atomic mass is 35.5. The molecule has 0 aliphatic heterocycles. The number of amides is 1. The van der Waals surface area contributed by atoms with Gasteiger partial charge in [-0.25, -0.2) is 0 Å². The number of carbonyl (C=O) groups excluding carboxylic acids is 1. The van der Waals surface area contributed by atoms with E-state index in [4.69, 9.17) is 23.2 Å². The lowest BCUT2D eigenvalue weighted by atomic mass is 10.3. The second-order valence-corrected chi connectivity index (χ2v) is 7.64. The molecule has 0 spiro atoms. The van der Waals surface area contributed by atoms with Gasteiger partial charge < -0.3 is 15.5 Å². The Labute approximate surface area is 173 Å². The molecule has 0 unspecified atom stereocenters. The van der Waals surface area contributed by atoms with Crippen molar-refractivity contribution in [1.29, 1.82) is 0 Å². The Morgan fingerprint density at radius 2 is 1.96 bits per heavy atom. The summed E-state index contributed by atoms with van der Waals surface area (Å²) in [6, 6.07) is 4.94. The first-order chi connectivity index (χ1) is 12.9. The van der Waals surface area contributed by atoms with Crippen molar-refractivity contribution in [2.75, 3.05) is 41.9 Å². The lowest BCUT2D eigenvalue weighted by Gasteiger charge is -2.13. The molecule has 2 aromatic rings. The van der Waals surface area contributed by atoms with Gasteiger partial charge in [-0.15, -0.1) is 0 Å². The molecule has 2 N–H and O–H groups in total. The summed E-state index contributed by atoms with van der Waals surface area (Å²) in [5, 5.41) is 7.27. The van der Waals surface area contributed by atoms with Crippen molar-refractivity contribution in [3.05, 3.63) is 28.2 Å². The molecule has 2 rings (SSSR count). The number of halogens is 2. The average molecular weight is 429 g/mol. The molecule has 1 heterocycles. The second-order valence-electron chi connectivity index (χ2n) is 5.88. The predicted molar refractivity (Wildman–Crippen MR) is 113 cm³/mol. The highest BCUT2D eigenvalue weighted by molar-refractivity contribution is 7.99. The lowest BCUT2D eigenvalue weighted by Crippen LogP contribution is -2.17. The van der Waals surface area contributed by atoms with Gasteiger partial charge in [-0.2, -0.15) is 15.0 Å². The molecule has 0 saturated heterocycles. The lowest BCUT2D eigenvalue weighted by molar-refractivity contribution is -0.113. The van der Waals surface area contributed by atoms with E-state index in [9.17, 15) is 4.79 Å². The molecule has 0 atom stereocenters. The molecule has 146 valence electrons. The highest BCUT2D eigenvalue weighted by Crippen LogP contribution is 2.25. The summed E-state index contributed by atoms with van der Waals surface area (Å²) in [5.41, 5.74) is 0.585. The number of hydrogen-bond donors (Lipinski definition) is 2. The van der Waals surface area contributed by atoms with Crippen LogP contribution in [0.5, 0.6) is 0 Å². The number of anilines is 3. The van der Waals surface area contributed by atoms with Gasteiger partial charge in [0.1, 0.15) is 0 Å². The third-order valence-electron chi connectivity index (χ3n) is 3.35. The van der Waals surface area contributed by atoms with E-state index in [1.165, 1.54) is 11.8 Å². The maximum Gasteiger partial charge on any atom is 0.234 e. The molecule has 10 heteroatoms. The summed E-state index contributed by atoms with van der Waals surface area (Å²) in [7, 11) is 3.72. The van der Waals surface area contributed by atoms with Crippen molar-refractivity contribution < 1.29 is 4.79 Å². The van der Waals surface area contributed by atoms with Crippen molar-refractivity contribution in [2.24, 2.45) is 0 Å². The van der Waals surface area contributed by atoms with Gasteiger partial charge in [0.15, 0.2) is 5.16 Å². The zero-order valence-electron chi connectivity index (χ0n) is 15.4. The SMILES string of the molecule is CCCCNc1nc(SCC(=O)Nc2ccc(Cl)c(Cl)c2)nc(N(C)C)n1. The topological polar surface area (TPSA) is 83.0 Å². The maximum absolute atomic E-state index is 12.2. The third-order valence-corrected chi connectivity index (χ3v) is 4.94. The van der Waals surface area contributed by atoms with Crippen LogP contribution >= 0.6 is 35.0 Å². The van der Waals surface area contributed by atoms with Crippen LogP contribution in [0.3, 0.4) is 0 Å². The molecule has 0 aliphatic rings. The summed E-state index contributed by atoms with van der Waals surface area (Å²) >= 11 is 13.1. The summed E-state index contributed by atoms with van der Waals surface area (Å²) < 4.78 is 0. The van der Waals surface area contributed by atoms with Crippen LogP contribution in [0.1, 0.15) is 19.8 Å². The van der Waals surface area contributed by atoms with Crippen LogP contribution < -0.4 is 15.5 Å². The number of unbranched alkanes of at least 4 members (excludes halogenated alkanes) is 1. The fourth-order valence-corrected chi connectivity index (χ4v) is 2.90. The van der Waals surface area contributed by atoms with E-state index in [1.807, 2.05) is 14.1 Å². The fourth-order valence-electron chi connectivity index (χ4n) is 1.97. The van der Waals surface area contributed by atoms with E-state index in [1.54, 1.807) is 23.1 Å². The highest BCUT2D eigenvalue weighted by Gasteiger charge is 2.11. The average Bonchev–Trinajstić information content (AvgIpc) is 2.63. The maximum atomic E-state index is 12.2. The van der Waals surface area contributed by atoms with Crippen molar-refractivity contribution in [2.45, 2.75) is 24.9 Å². The fraction of sp³-hybridized carbons (Fsp3) is 0.412. The van der Waals surface area contributed by atoms with Gasteiger partial charge in [-0.05, 0) is 24.6 Å². The summed E-state index contributed by atoms with van der Waals surface area (Å²) in [6.07, 6.45) is 2.10. The molecule has 7 nitrogen and oxygen atoms in total. The van der Waals surface area contributed by atoms with E-state index in [0.717, 1.165) is 19.4 Å². The number of nitrogens with one attached hydrogen (secondary N) is 2. The molecular weight excluding hydrogens is 407 g/mol. The molecule has 1 aromatic carbocycles. The van der Waals surface area contributed by atoms with E-state index < -0.39 is 0 Å².